The molecule has 0 N–H and O–H groups in total. The minimum Gasteiger partial charge on any atom is -0.356 e. The molecule has 2 atom stereocenters. The van der Waals surface area contributed by atoms with E-state index in [2.05, 4.69) is 36.0 Å². The van der Waals surface area contributed by atoms with Gasteiger partial charge in [-0.3, -0.25) is 4.90 Å². The Labute approximate surface area is 145 Å². The predicted octanol–water partition coefficient (Wildman–Crippen LogP) is 2.08. The molecule has 2 aromatic heterocycles. The first-order valence-corrected chi connectivity index (χ1v) is 9.64. The minimum atomic E-state index is 0.694. The molecule has 2 unspecified atom stereocenters. The number of aryl methyl sites for hydroxylation is 1. The number of rotatable bonds is 4. The molecule has 7 heteroatoms. The Balaban J connectivity index is 1.22. The van der Waals surface area contributed by atoms with Gasteiger partial charge in [-0.05, 0) is 31.6 Å². The first-order valence-electron chi connectivity index (χ1n) is 8.83. The van der Waals surface area contributed by atoms with Gasteiger partial charge in [-0.25, -0.2) is 9.97 Å². The maximum Gasteiger partial charge on any atom is 0.132 e. The third kappa shape index (κ3) is 2.80. The number of hydrogen-bond acceptors (Lipinski definition) is 7. The molecular formula is C17H22N6S. The summed E-state index contributed by atoms with van der Waals surface area (Å²) < 4.78 is 0. The van der Waals surface area contributed by atoms with Crippen LogP contribution < -0.4 is 4.90 Å². The predicted molar refractivity (Wildman–Crippen MR) is 93.1 cm³/mol. The second-order valence-electron chi connectivity index (χ2n) is 7.41. The van der Waals surface area contributed by atoms with Gasteiger partial charge >= 0.3 is 0 Å². The van der Waals surface area contributed by atoms with Crippen LogP contribution in [0.25, 0.3) is 0 Å². The Morgan fingerprint density at radius 1 is 1.08 bits per heavy atom. The summed E-state index contributed by atoms with van der Waals surface area (Å²) in [7, 11) is 0. The van der Waals surface area contributed by atoms with Crippen LogP contribution in [-0.2, 0) is 6.54 Å². The molecule has 0 bridgehead atoms. The molecule has 24 heavy (non-hydrogen) atoms. The van der Waals surface area contributed by atoms with Gasteiger partial charge in [0, 0.05) is 43.9 Å². The monoisotopic (exact) mass is 342 g/mol. The van der Waals surface area contributed by atoms with Crippen LogP contribution in [0.2, 0.25) is 0 Å². The molecule has 2 aliphatic heterocycles. The number of hydrogen-bond donors (Lipinski definition) is 0. The van der Waals surface area contributed by atoms with E-state index in [1.54, 1.807) is 17.7 Å². The molecule has 0 amide bonds. The van der Waals surface area contributed by atoms with Crippen LogP contribution in [0.4, 0.5) is 5.82 Å². The van der Waals surface area contributed by atoms with Crippen molar-refractivity contribution in [1.82, 2.24) is 25.1 Å². The summed E-state index contributed by atoms with van der Waals surface area (Å²) in [6.07, 6.45) is 4.34. The summed E-state index contributed by atoms with van der Waals surface area (Å²) in [5.41, 5.74) is 1.24. The third-order valence-electron chi connectivity index (χ3n) is 5.48. The Morgan fingerprint density at radius 3 is 2.54 bits per heavy atom. The van der Waals surface area contributed by atoms with Crippen LogP contribution in [0.5, 0.6) is 0 Å². The zero-order valence-corrected chi connectivity index (χ0v) is 14.7. The fraction of sp³-hybridized carbons (Fsp3) is 0.647. The largest absolute Gasteiger partial charge is 0.356 e. The molecule has 2 saturated heterocycles. The van der Waals surface area contributed by atoms with Crippen LogP contribution in [0, 0.1) is 18.8 Å². The number of likely N-dealkylation sites (tertiary alicyclic amines) is 1. The highest BCUT2D eigenvalue weighted by molar-refractivity contribution is 7.11. The van der Waals surface area contributed by atoms with Gasteiger partial charge in [0.25, 0.3) is 0 Å². The summed E-state index contributed by atoms with van der Waals surface area (Å²) in [4.78, 5) is 14.0. The van der Waals surface area contributed by atoms with Crippen LogP contribution in [0.15, 0.2) is 12.4 Å². The standard InChI is InChI=1S/C17H22N6S/c1-11-20-21-17(24-11)9-22-5-13-7-23(8-14(13)6-22)16-4-15(12-2-3-12)18-10-19-16/h4,10,12-14H,2-3,5-9H2,1H3. The molecule has 5 rings (SSSR count). The van der Waals surface area contributed by atoms with E-state index in [4.69, 9.17) is 0 Å². The van der Waals surface area contributed by atoms with Crippen molar-refractivity contribution in [2.45, 2.75) is 32.2 Å². The zero-order valence-electron chi connectivity index (χ0n) is 13.9. The average Bonchev–Trinajstić information content (AvgIpc) is 3.09. The van der Waals surface area contributed by atoms with Crippen molar-refractivity contribution in [3.05, 3.63) is 28.1 Å². The van der Waals surface area contributed by atoms with E-state index in [-0.39, 0.29) is 0 Å². The molecule has 0 radical (unpaired) electrons. The third-order valence-corrected chi connectivity index (χ3v) is 6.31. The molecular weight excluding hydrogens is 320 g/mol. The molecule has 4 heterocycles. The summed E-state index contributed by atoms with van der Waals surface area (Å²) in [5, 5.41) is 10.6. The summed E-state index contributed by atoms with van der Waals surface area (Å²) in [6.45, 7) is 7.56. The van der Waals surface area contributed by atoms with Gasteiger partial charge in [-0.1, -0.05) is 0 Å². The molecule has 1 saturated carbocycles. The highest BCUT2D eigenvalue weighted by atomic mass is 32.1. The molecule has 6 nitrogen and oxygen atoms in total. The van der Waals surface area contributed by atoms with Crippen molar-refractivity contribution in [2.75, 3.05) is 31.1 Å². The van der Waals surface area contributed by atoms with Gasteiger partial charge < -0.3 is 4.90 Å². The van der Waals surface area contributed by atoms with Crippen LogP contribution in [0.1, 0.15) is 34.5 Å². The maximum atomic E-state index is 4.53. The lowest BCUT2D eigenvalue weighted by atomic mass is 10.0. The molecule has 0 spiro atoms. The molecule has 3 fully saturated rings. The van der Waals surface area contributed by atoms with Crippen molar-refractivity contribution in [2.24, 2.45) is 11.8 Å². The molecule has 3 aliphatic rings. The minimum absolute atomic E-state index is 0.694. The second-order valence-corrected chi connectivity index (χ2v) is 8.68. The number of nitrogens with zero attached hydrogens (tertiary/aromatic N) is 6. The Hall–Kier alpha value is -1.60. The van der Waals surface area contributed by atoms with Gasteiger partial charge in [0.15, 0.2) is 0 Å². The van der Waals surface area contributed by atoms with Crippen molar-refractivity contribution < 1.29 is 0 Å². The number of anilines is 1. The first kappa shape index (κ1) is 14.7. The fourth-order valence-electron chi connectivity index (χ4n) is 4.14. The van der Waals surface area contributed by atoms with E-state index in [1.165, 1.54) is 31.6 Å². The van der Waals surface area contributed by atoms with E-state index < -0.39 is 0 Å². The summed E-state index contributed by atoms with van der Waals surface area (Å²) >= 11 is 1.72. The Morgan fingerprint density at radius 2 is 1.88 bits per heavy atom. The van der Waals surface area contributed by atoms with E-state index in [1.807, 2.05) is 6.92 Å². The van der Waals surface area contributed by atoms with Crippen LogP contribution in [-0.4, -0.2) is 51.2 Å². The van der Waals surface area contributed by atoms with Gasteiger partial charge in [0.2, 0.25) is 0 Å². The highest BCUT2D eigenvalue weighted by Crippen LogP contribution is 2.40. The fourth-order valence-corrected chi connectivity index (χ4v) is 4.89. The van der Waals surface area contributed by atoms with Gasteiger partial charge in [-0.2, -0.15) is 0 Å². The van der Waals surface area contributed by atoms with Crippen LogP contribution >= 0.6 is 11.3 Å². The molecule has 0 aromatic carbocycles. The molecule has 126 valence electrons. The number of aromatic nitrogens is 4. The van der Waals surface area contributed by atoms with Crippen molar-refractivity contribution in [3.8, 4) is 0 Å². The van der Waals surface area contributed by atoms with Gasteiger partial charge in [0.05, 0.1) is 6.54 Å². The zero-order chi connectivity index (χ0) is 16.1. The lowest BCUT2D eigenvalue weighted by Crippen LogP contribution is -2.29. The van der Waals surface area contributed by atoms with E-state index in [9.17, 15) is 0 Å². The van der Waals surface area contributed by atoms with E-state index >= 15 is 0 Å². The van der Waals surface area contributed by atoms with Gasteiger partial charge in [-0.15, -0.1) is 21.5 Å². The lowest BCUT2D eigenvalue weighted by Gasteiger charge is -2.21. The maximum absolute atomic E-state index is 4.53. The van der Waals surface area contributed by atoms with Crippen molar-refractivity contribution >= 4 is 17.2 Å². The van der Waals surface area contributed by atoms with Crippen molar-refractivity contribution in [1.29, 1.82) is 0 Å². The van der Waals surface area contributed by atoms with Crippen LogP contribution in [0.3, 0.4) is 0 Å². The Bertz CT molecular complexity index is 728. The summed E-state index contributed by atoms with van der Waals surface area (Å²) in [6, 6.07) is 2.22. The topological polar surface area (TPSA) is 58.0 Å². The normalized spacial score (nSPS) is 27.0. The lowest BCUT2D eigenvalue weighted by molar-refractivity contribution is 0.307. The molecule has 2 aromatic rings. The van der Waals surface area contributed by atoms with E-state index in [0.29, 0.717) is 5.92 Å². The highest BCUT2D eigenvalue weighted by Gasteiger charge is 2.40. The van der Waals surface area contributed by atoms with E-state index in [0.717, 1.165) is 47.3 Å². The van der Waals surface area contributed by atoms with Gasteiger partial charge in [0.1, 0.15) is 22.2 Å². The first-order chi connectivity index (χ1) is 11.7. The second kappa shape index (κ2) is 5.74. The quantitative estimate of drug-likeness (QED) is 0.848. The molecule has 1 aliphatic carbocycles. The average molecular weight is 342 g/mol. The number of fused-ring (bicyclic) bond motifs is 1. The van der Waals surface area contributed by atoms with Crippen molar-refractivity contribution in [3.63, 3.8) is 0 Å². The smallest absolute Gasteiger partial charge is 0.132 e. The summed E-state index contributed by atoms with van der Waals surface area (Å²) in [5.74, 6) is 3.32. The Kier molecular flexibility index (Phi) is 3.52. The SMILES string of the molecule is Cc1nnc(CN2CC3CN(c4cc(C5CC5)ncn4)CC3C2)s1.